The first-order valence-electron chi connectivity index (χ1n) is 5.84. The molecule has 3 aromatic rings. The minimum atomic E-state index is -0.873. The molecule has 1 aromatic carbocycles. The molecule has 0 saturated heterocycles. The SMILES string of the molecule is Cc1cc(C(=O)O)sc1-c1ccc2ncccc2c1. The Balaban J connectivity index is 2.16. The molecule has 1 N–H and O–H groups in total. The van der Waals surface area contributed by atoms with Crippen LogP contribution in [0.1, 0.15) is 15.2 Å². The van der Waals surface area contributed by atoms with E-state index in [9.17, 15) is 4.79 Å². The number of carboxylic acid groups (broad SMARTS) is 1. The van der Waals surface area contributed by atoms with Crippen molar-refractivity contribution in [2.24, 2.45) is 0 Å². The van der Waals surface area contributed by atoms with E-state index >= 15 is 0 Å². The molecule has 0 amide bonds. The number of aromatic carboxylic acids is 1. The highest BCUT2D eigenvalue weighted by molar-refractivity contribution is 7.17. The summed E-state index contributed by atoms with van der Waals surface area (Å²) < 4.78 is 0. The lowest BCUT2D eigenvalue weighted by Gasteiger charge is -2.02. The fourth-order valence-corrected chi connectivity index (χ4v) is 3.10. The summed E-state index contributed by atoms with van der Waals surface area (Å²) in [5.41, 5.74) is 2.97. The fourth-order valence-electron chi connectivity index (χ4n) is 2.09. The van der Waals surface area contributed by atoms with Gasteiger partial charge in [0, 0.05) is 16.5 Å². The van der Waals surface area contributed by atoms with Crippen LogP contribution in [0.5, 0.6) is 0 Å². The Morgan fingerprint density at radius 2 is 2.11 bits per heavy atom. The van der Waals surface area contributed by atoms with E-state index in [4.69, 9.17) is 5.11 Å². The molecule has 0 radical (unpaired) electrons. The maximum absolute atomic E-state index is 11.0. The quantitative estimate of drug-likeness (QED) is 0.765. The molecule has 19 heavy (non-hydrogen) atoms. The first kappa shape index (κ1) is 11.9. The van der Waals surface area contributed by atoms with Crippen molar-refractivity contribution in [2.45, 2.75) is 6.92 Å². The number of aryl methyl sites for hydroxylation is 1. The number of fused-ring (bicyclic) bond motifs is 1. The second-order valence-corrected chi connectivity index (χ2v) is 5.39. The number of carboxylic acids is 1. The summed E-state index contributed by atoms with van der Waals surface area (Å²) in [6.45, 7) is 1.94. The second kappa shape index (κ2) is 4.48. The summed E-state index contributed by atoms with van der Waals surface area (Å²) in [7, 11) is 0. The zero-order valence-electron chi connectivity index (χ0n) is 10.3. The molecule has 3 nitrogen and oxygen atoms in total. The van der Waals surface area contributed by atoms with Gasteiger partial charge >= 0.3 is 5.97 Å². The van der Waals surface area contributed by atoms with Crippen LogP contribution in [0.25, 0.3) is 21.3 Å². The van der Waals surface area contributed by atoms with Gasteiger partial charge in [0.2, 0.25) is 0 Å². The molecule has 0 aliphatic heterocycles. The average Bonchev–Trinajstić information content (AvgIpc) is 2.80. The van der Waals surface area contributed by atoms with Gasteiger partial charge in [-0.25, -0.2) is 4.79 Å². The zero-order valence-corrected chi connectivity index (χ0v) is 11.1. The van der Waals surface area contributed by atoms with E-state index in [1.807, 2.05) is 37.3 Å². The first-order valence-corrected chi connectivity index (χ1v) is 6.66. The van der Waals surface area contributed by atoms with Gasteiger partial charge in [0.15, 0.2) is 0 Å². The summed E-state index contributed by atoms with van der Waals surface area (Å²) in [5, 5.41) is 10.1. The molecule has 2 heterocycles. The normalized spacial score (nSPS) is 10.8. The molecule has 3 rings (SSSR count). The highest BCUT2D eigenvalue weighted by Crippen LogP contribution is 2.33. The van der Waals surface area contributed by atoms with E-state index in [-0.39, 0.29) is 0 Å². The number of carbonyl (C=O) groups is 1. The molecule has 0 spiro atoms. The third-order valence-electron chi connectivity index (χ3n) is 2.99. The smallest absolute Gasteiger partial charge is 0.345 e. The molecule has 0 aliphatic rings. The van der Waals surface area contributed by atoms with Crippen molar-refractivity contribution in [3.8, 4) is 10.4 Å². The monoisotopic (exact) mass is 269 g/mol. The van der Waals surface area contributed by atoms with E-state index in [1.54, 1.807) is 12.3 Å². The van der Waals surface area contributed by atoms with Gasteiger partial charge in [-0.1, -0.05) is 12.1 Å². The molecule has 94 valence electrons. The van der Waals surface area contributed by atoms with Crippen LogP contribution in [0.3, 0.4) is 0 Å². The number of aromatic nitrogens is 1. The third kappa shape index (κ3) is 2.11. The van der Waals surface area contributed by atoms with Gasteiger partial charge in [-0.2, -0.15) is 0 Å². The molecular formula is C15H11NO2S. The largest absolute Gasteiger partial charge is 0.477 e. The first-order chi connectivity index (χ1) is 9.15. The number of hydrogen-bond acceptors (Lipinski definition) is 3. The molecule has 4 heteroatoms. The Morgan fingerprint density at radius 1 is 1.26 bits per heavy atom. The molecule has 0 saturated carbocycles. The highest BCUT2D eigenvalue weighted by atomic mass is 32.1. The third-order valence-corrected chi connectivity index (χ3v) is 4.27. The standard InChI is InChI=1S/C15H11NO2S/c1-9-7-13(15(17)18)19-14(9)11-4-5-12-10(8-11)3-2-6-16-12/h2-8H,1H3,(H,17,18). The van der Waals surface area contributed by atoms with E-state index in [0.29, 0.717) is 4.88 Å². The number of thiophene rings is 1. The number of rotatable bonds is 2. The van der Waals surface area contributed by atoms with Crippen molar-refractivity contribution >= 4 is 28.2 Å². The Bertz CT molecular complexity index is 777. The maximum Gasteiger partial charge on any atom is 0.345 e. The van der Waals surface area contributed by atoms with E-state index < -0.39 is 5.97 Å². The maximum atomic E-state index is 11.0. The molecule has 0 unspecified atom stereocenters. The minimum absolute atomic E-state index is 0.374. The Morgan fingerprint density at radius 3 is 2.84 bits per heavy atom. The average molecular weight is 269 g/mol. The van der Waals surface area contributed by atoms with E-state index in [2.05, 4.69) is 4.98 Å². The van der Waals surface area contributed by atoms with Crippen molar-refractivity contribution in [2.75, 3.05) is 0 Å². The summed E-state index contributed by atoms with van der Waals surface area (Å²) >= 11 is 1.31. The van der Waals surface area contributed by atoms with Gasteiger partial charge in [-0.15, -0.1) is 11.3 Å². The van der Waals surface area contributed by atoms with Crippen molar-refractivity contribution in [3.05, 3.63) is 53.0 Å². The number of benzene rings is 1. The summed E-state index contributed by atoms with van der Waals surface area (Å²) in [5.74, 6) is -0.873. The predicted octanol–water partition coefficient (Wildman–Crippen LogP) is 3.97. The van der Waals surface area contributed by atoms with E-state index in [0.717, 1.165) is 26.9 Å². The van der Waals surface area contributed by atoms with Crippen molar-refractivity contribution in [3.63, 3.8) is 0 Å². The van der Waals surface area contributed by atoms with Crippen LogP contribution < -0.4 is 0 Å². The van der Waals surface area contributed by atoms with Crippen molar-refractivity contribution in [1.82, 2.24) is 4.98 Å². The van der Waals surface area contributed by atoms with Crippen LogP contribution in [0.15, 0.2) is 42.6 Å². The molecule has 2 aromatic heterocycles. The van der Waals surface area contributed by atoms with E-state index in [1.165, 1.54) is 11.3 Å². The topological polar surface area (TPSA) is 50.2 Å². The summed E-state index contributed by atoms with van der Waals surface area (Å²) in [4.78, 5) is 16.7. The van der Waals surface area contributed by atoms with Gasteiger partial charge in [0.05, 0.1) is 5.52 Å². The molecule has 0 bridgehead atoms. The van der Waals surface area contributed by atoms with Crippen molar-refractivity contribution < 1.29 is 9.90 Å². The van der Waals surface area contributed by atoms with Gasteiger partial charge in [-0.3, -0.25) is 4.98 Å². The predicted molar refractivity (Wildman–Crippen MR) is 76.8 cm³/mol. The van der Waals surface area contributed by atoms with Gasteiger partial charge in [-0.05, 0) is 42.3 Å². The number of hydrogen-bond donors (Lipinski definition) is 1. The lowest BCUT2D eigenvalue weighted by Crippen LogP contribution is -1.89. The van der Waals surface area contributed by atoms with Crippen LogP contribution in [0, 0.1) is 6.92 Å². The second-order valence-electron chi connectivity index (χ2n) is 4.34. The minimum Gasteiger partial charge on any atom is -0.477 e. The Hall–Kier alpha value is -2.20. The lowest BCUT2D eigenvalue weighted by atomic mass is 10.1. The Labute approximate surface area is 114 Å². The van der Waals surface area contributed by atoms with Gasteiger partial charge in [0.25, 0.3) is 0 Å². The van der Waals surface area contributed by atoms with Crippen LogP contribution in [-0.4, -0.2) is 16.1 Å². The number of pyridine rings is 1. The van der Waals surface area contributed by atoms with Crippen molar-refractivity contribution in [1.29, 1.82) is 0 Å². The summed E-state index contributed by atoms with van der Waals surface area (Å²) in [6.07, 6.45) is 1.76. The Kier molecular flexibility index (Phi) is 2.80. The van der Waals surface area contributed by atoms with Crippen LogP contribution in [0.4, 0.5) is 0 Å². The molecule has 0 atom stereocenters. The van der Waals surface area contributed by atoms with Gasteiger partial charge < -0.3 is 5.11 Å². The van der Waals surface area contributed by atoms with Crippen LogP contribution >= 0.6 is 11.3 Å². The molecular weight excluding hydrogens is 258 g/mol. The van der Waals surface area contributed by atoms with Crippen LogP contribution in [0.2, 0.25) is 0 Å². The zero-order chi connectivity index (χ0) is 13.4. The number of nitrogens with zero attached hydrogens (tertiary/aromatic N) is 1. The summed E-state index contributed by atoms with van der Waals surface area (Å²) in [6, 6.07) is 11.6. The highest BCUT2D eigenvalue weighted by Gasteiger charge is 2.12. The van der Waals surface area contributed by atoms with Gasteiger partial charge in [0.1, 0.15) is 4.88 Å². The van der Waals surface area contributed by atoms with Crippen LogP contribution in [-0.2, 0) is 0 Å². The molecule has 0 aliphatic carbocycles. The molecule has 0 fully saturated rings. The lowest BCUT2D eigenvalue weighted by molar-refractivity contribution is 0.0702. The fraction of sp³-hybridized carbons (Fsp3) is 0.0667.